The Morgan fingerprint density at radius 2 is 1.58 bits per heavy atom. The summed E-state index contributed by atoms with van der Waals surface area (Å²) in [4.78, 5) is 28.9. The number of benzene rings is 3. The van der Waals surface area contributed by atoms with Gasteiger partial charge >= 0.3 is 11.9 Å². The Morgan fingerprint density at radius 1 is 0.861 bits per heavy atom. The third kappa shape index (κ3) is 6.40. The van der Waals surface area contributed by atoms with E-state index in [1.165, 1.54) is 4.70 Å². The zero-order valence-electron chi connectivity index (χ0n) is 20.7. The molecule has 0 saturated carbocycles. The van der Waals surface area contributed by atoms with Gasteiger partial charge in [0.15, 0.2) is 5.92 Å². The molecule has 0 unspecified atom stereocenters. The lowest BCUT2D eigenvalue weighted by molar-refractivity contribution is -0.161. The number of ether oxygens (including phenoxy) is 3. The van der Waals surface area contributed by atoms with Gasteiger partial charge < -0.3 is 14.2 Å². The van der Waals surface area contributed by atoms with Gasteiger partial charge in [-0.2, -0.15) is 0 Å². The SMILES string of the molecule is CCOC(=O)C(CCCCCOc1ccc2cc(-c3nc4ccccc4s3)ccc2c1)C(=O)OCC. The molecule has 0 spiro atoms. The summed E-state index contributed by atoms with van der Waals surface area (Å²) < 4.78 is 17.2. The molecule has 4 aromatic rings. The number of unbranched alkanes of at least 4 members (excludes halogenated alkanes) is 2. The molecule has 0 bridgehead atoms. The fraction of sp³-hybridized carbons (Fsp3) is 0.345. The molecule has 0 amide bonds. The zero-order chi connectivity index (χ0) is 25.3. The summed E-state index contributed by atoms with van der Waals surface area (Å²) in [6.07, 6.45) is 2.81. The molecule has 0 aliphatic heterocycles. The van der Waals surface area contributed by atoms with Crippen LogP contribution in [-0.4, -0.2) is 36.7 Å². The molecule has 6 nitrogen and oxygen atoms in total. The summed E-state index contributed by atoms with van der Waals surface area (Å²) in [7, 11) is 0. The smallest absolute Gasteiger partial charge is 0.320 e. The van der Waals surface area contributed by atoms with E-state index in [1.807, 2.05) is 24.3 Å². The lowest BCUT2D eigenvalue weighted by Gasteiger charge is -2.14. The van der Waals surface area contributed by atoms with E-state index in [-0.39, 0.29) is 13.2 Å². The summed E-state index contributed by atoms with van der Waals surface area (Å²) in [6.45, 7) is 4.52. The summed E-state index contributed by atoms with van der Waals surface area (Å²) in [5, 5.41) is 3.28. The predicted octanol–water partition coefficient (Wildman–Crippen LogP) is 6.80. The standard InChI is InChI=1S/C29H31NO5S/c1-3-33-28(31)24(29(32)34-4-2)10-6-5-9-17-35-23-16-15-20-18-22(14-13-21(20)19-23)27-30-25-11-7-8-12-26(25)36-27/h7-8,11-16,18-19,24H,3-6,9-10,17H2,1-2H3. The Kier molecular flexibility index (Phi) is 8.90. The van der Waals surface area contributed by atoms with Crippen LogP contribution in [0.15, 0.2) is 60.7 Å². The number of aromatic nitrogens is 1. The van der Waals surface area contributed by atoms with Crippen LogP contribution in [0.1, 0.15) is 39.5 Å². The largest absolute Gasteiger partial charge is 0.494 e. The van der Waals surface area contributed by atoms with Crippen LogP contribution < -0.4 is 4.74 Å². The third-order valence-electron chi connectivity index (χ3n) is 5.90. The van der Waals surface area contributed by atoms with Gasteiger partial charge in [0.05, 0.1) is 30.0 Å². The summed E-state index contributed by atoms with van der Waals surface area (Å²) in [5.41, 5.74) is 2.14. The number of esters is 2. The molecule has 188 valence electrons. The lowest BCUT2D eigenvalue weighted by atomic mass is 10.0. The van der Waals surface area contributed by atoms with E-state index in [1.54, 1.807) is 25.2 Å². The second-order valence-electron chi connectivity index (χ2n) is 8.46. The Morgan fingerprint density at radius 3 is 2.33 bits per heavy atom. The van der Waals surface area contributed by atoms with Crippen LogP contribution in [0.25, 0.3) is 31.6 Å². The number of carbonyl (C=O) groups is 2. The van der Waals surface area contributed by atoms with Crippen molar-refractivity contribution in [3.05, 3.63) is 60.7 Å². The van der Waals surface area contributed by atoms with Gasteiger partial charge in [-0.15, -0.1) is 11.3 Å². The maximum absolute atomic E-state index is 12.1. The average Bonchev–Trinajstić information content (AvgIpc) is 3.32. The van der Waals surface area contributed by atoms with Gasteiger partial charge in [0.2, 0.25) is 0 Å². The van der Waals surface area contributed by atoms with Crippen molar-refractivity contribution in [2.24, 2.45) is 5.92 Å². The van der Waals surface area contributed by atoms with Crippen molar-refractivity contribution in [1.29, 1.82) is 0 Å². The van der Waals surface area contributed by atoms with Gasteiger partial charge in [-0.1, -0.05) is 43.2 Å². The Bertz CT molecular complexity index is 1280. The van der Waals surface area contributed by atoms with Gasteiger partial charge in [0.1, 0.15) is 10.8 Å². The van der Waals surface area contributed by atoms with Crippen molar-refractivity contribution in [3.8, 4) is 16.3 Å². The third-order valence-corrected chi connectivity index (χ3v) is 6.99. The predicted molar refractivity (Wildman–Crippen MR) is 143 cm³/mol. The molecule has 0 aliphatic rings. The van der Waals surface area contributed by atoms with Crippen LogP contribution in [0.5, 0.6) is 5.75 Å². The summed E-state index contributed by atoms with van der Waals surface area (Å²) in [5.74, 6) is -1.03. The molecule has 0 N–H and O–H groups in total. The van der Waals surface area contributed by atoms with E-state index < -0.39 is 17.9 Å². The minimum atomic E-state index is -0.848. The molecule has 1 heterocycles. The minimum Gasteiger partial charge on any atom is -0.494 e. The van der Waals surface area contributed by atoms with Crippen molar-refractivity contribution in [2.75, 3.05) is 19.8 Å². The van der Waals surface area contributed by atoms with Crippen molar-refractivity contribution >= 4 is 44.3 Å². The number of rotatable bonds is 12. The van der Waals surface area contributed by atoms with Crippen LogP contribution in [0.4, 0.5) is 0 Å². The van der Waals surface area contributed by atoms with E-state index in [2.05, 4.69) is 36.4 Å². The van der Waals surface area contributed by atoms with E-state index in [0.29, 0.717) is 13.0 Å². The van der Waals surface area contributed by atoms with E-state index in [0.717, 1.165) is 51.9 Å². The molecule has 4 rings (SSSR count). The highest BCUT2D eigenvalue weighted by Gasteiger charge is 2.28. The van der Waals surface area contributed by atoms with Crippen LogP contribution >= 0.6 is 11.3 Å². The number of para-hydroxylation sites is 1. The van der Waals surface area contributed by atoms with Crippen molar-refractivity contribution in [1.82, 2.24) is 4.98 Å². The number of nitrogens with zero attached hydrogens (tertiary/aromatic N) is 1. The first-order valence-corrected chi connectivity index (χ1v) is 13.3. The van der Waals surface area contributed by atoms with Crippen LogP contribution in [0, 0.1) is 5.92 Å². The van der Waals surface area contributed by atoms with E-state index in [9.17, 15) is 9.59 Å². The Labute approximate surface area is 215 Å². The normalized spacial score (nSPS) is 11.2. The second-order valence-corrected chi connectivity index (χ2v) is 9.50. The molecule has 0 fully saturated rings. The molecular formula is C29H31NO5S. The Hall–Kier alpha value is -3.45. The highest BCUT2D eigenvalue weighted by atomic mass is 32.1. The first kappa shape index (κ1) is 25.6. The Balaban J connectivity index is 1.28. The molecule has 1 aromatic heterocycles. The molecule has 0 atom stereocenters. The van der Waals surface area contributed by atoms with Gasteiger partial charge in [-0.3, -0.25) is 9.59 Å². The molecule has 0 aliphatic carbocycles. The number of hydrogen-bond donors (Lipinski definition) is 0. The first-order valence-electron chi connectivity index (χ1n) is 12.4. The highest BCUT2D eigenvalue weighted by molar-refractivity contribution is 7.21. The molecule has 0 radical (unpaired) electrons. The van der Waals surface area contributed by atoms with E-state index in [4.69, 9.17) is 19.2 Å². The molecule has 0 saturated heterocycles. The van der Waals surface area contributed by atoms with Crippen LogP contribution in [0.2, 0.25) is 0 Å². The maximum Gasteiger partial charge on any atom is 0.320 e. The van der Waals surface area contributed by atoms with Gasteiger partial charge in [-0.25, -0.2) is 4.98 Å². The molecular weight excluding hydrogens is 474 g/mol. The molecule has 7 heteroatoms. The topological polar surface area (TPSA) is 74.7 Å². The van der Waals surface area contributed by atoms with E-state index >= 15 is 0 Å². The van der Waals surface area contributed by atoms with Crippen LogP contribution in [0.3, 0.4) is 0 Å². The fourth-order valence-electron chi connectivity index (χ4n) is 4.08. The number of carbonyl (C=O) groups excluding carboxylic acids is 2. The lowest BCUT2D eigenvalue weighted by Crippen LogP contribution is -2.28. The monoisotopic (exact) mass is 505 g/mol. The van der Waals surface area contributed by atoms with Crippen molar-refractivity contribution in [3.63, 3.8) is 0 Å². The maximum atomic E-state index is 12.1. The second kappa shape index (κ2) is 12.5. The number of thiazole rings is 1. The average molecular weight is 506 g/mol. The van der Waals surface area contributed by atoms with Gasteiger partial charge in [-0.05, 0) is 67.8 Å². The minimum absolute atomic E-state index is 0.248. The van der Waals surface area contributed by atoms with Crippen molar-refractivity contribution < 1.29 is 23.8 Å². The first-order chi connectivity index (χ1) is 17.6. The van der Waals surface area contributed by atoms with Crippen molar-refractivity contribution in [2.45, 2.75) is 39.5 Å². The number of fused-ring (bicyclic) bond motifs is 2. The number of hydrogen-bond acceptors (Lipinski definition) is 7. The summed E-state index contributed by atoms with van der Waals surface area (Å²) >= 11 is 1.70. The fourth-order valence-corrected chi connectivity index (χ4v) is 5.04. The quantitative estimate of drug-likeness (QED) is 0.120. The molecule has 36 heavy (non-hydrogen) atoms. The van der Waals surface area contributed by atoms with Crippen LogP contribution in [-0.2, 0) is 19.1 Å². The zero-order valence-corrected chi connectivity index (χ0v) is 21.5. The van der Waals surface area contributed by atoms with Gasteiger partial charge in [0, 0.05) is 5.56 Å². The highest BCUT2D eigenvalue weighted by Crippen LogP contribution is 2.32. The molecule has 3 aromatic carbocycles. The summed E-state index contributed by atoms with van der Waals surface area (Å²) in [6, 6.07) is 20.7. The van der Waals surface area contributed by atoms with Gasteiger partial charge in [0.25, 0.3) is 0 Å².